The predicted octanol–water partition coefficient (Wildman–Crippen LogP) is 24.0. The number of rotatable bonds is 76. The second-order valence-electron chi connectivity index (χ2n) is 28.8. The molecule has 0 heterocycles. The van der Waals surface area contributed by atoms with Crippen molar-refractivity contribution in [3.05, 3.63) is 11.6 Å². The summed E-state index contributed by atoms with van der Waals surface area (Å²) < 4.78 is 0. The molecule has 0 aliphatic rings. The molecule has 0 saturated carbocycles. The summed E-state index contributed by atoms with van der Waals surface area (Å²) in [5.41, 5.74) is 0.439. The molecule has 0 amide bonds. The van der Waals surface area contributed by atoms with Gasteiger partial charge in [0.05, 0.1) is 24.4 Å². The van der Waals surface area contributed by atoms with Crippen LogP contribution in [0.5, 0.6) is 0 Å². The molecule has 0 spiro atoms. The molecular weight excluding hydrogens is 1160 g/mol. The number of nitrogens with zero attached hydrogens (tertiary/aromatic N) is 2. The summed E-state index contributed by atoms with van der Waals surface area (Å²) in [6, 6.07) is 0. The second-order valence-corrected chi connectivity index (χ2v) is 31.0. The Hall–Kier alpha value is -0.460. The van der Waals surface area contributed by atoms with Crippen LogP contribution in [0.1, 0.15) is 420 Å². The SMILES string of the molecule is CCCCCCCCCCCCCCCCC(O)CN(CCSC(=O)/C=C(\C)C(=O)SCCN(CC(O)CCCCCCCCCCCCCCCC)CC(O)CCCCCCCCCCCCCCCC)CC(O)CCCCCCCCCCCCCCCC. The Labute approximate surface area is 577 Å². The van der Waals surface area contributed by atoms with Crippen LogP contribution in [-0.2, 0) is 9.59 Å². The van der Waals surface area contributed by atoms with Gasteiger partial charge in [0.1, 0.15) is 0 Å². The van der Waals surface area contributed by atoms with E-state index in [1.807, 2.05) is 0 Å². The van der Waals surface area contributed by atoms with E-state index in [1.54, 1.807) is 6.92 Å². The van der Waals surface area contributed by atoms with Crippen LogP contribution in [0.4, 0.5) is 0 Å². The molecular formula is C81H160N2O6S2. The fourth-order valence-corrected chi connectivity index (χ4v) is 14.9. The number of aliphatic hydroxyl groups is 4. The molecule has 542 valence electrons. The molecule has 4 atom stereocenters. The zero-order valence-corrected chi connectivity index (χ0v) is 63.4. The van der Waals surface area contributed by atoms with E-state index in [0.29, 0.717) is 56.3 Å². The van der Waals surface area contributed by atoms with Gasteiger partial charge in [-0.1, -0.05) is 411 Å². The van der Waals surface area contributed by atoms with E-state index in [-0.39, 0.29) is 10.2 Å². The molecule has 0 aromatic carbocycles. The van der Waals surface area contributed by atoms with Crippen molar-refractivity contribution in [1.29, 1.82) is 0 Å². The fourth-order valence-electron chi connectivity index (χ4n) is 13.3. The Kier molecular flexibility index (Phi) is 73.4. The molecule has 4 N–H and O–H groups in total. The molecule has 4 unspecified atom stereocenters. The first kappa shape index (κ1) is 90.5. The Balaban J connectivity index is 5.21. The molecule has 0 aliphatic carbocycles. The van der Waals surface area contributed by atoms with Crippen molar-refractivity contribution in [3.8, 4) is 0 Å². The maximum atomic E-state index is 13.5. The molecule has 0 rings (SSSR count). The van der Waals surface area contributed by atoms with Crippen LogP contribution < -0.4 is 0 Å². The van der Waals surface area contributed by atoms with E-state index in [9.17, 15) is 30.0 Å². The highest BCUT2D eigenvalue weighted by Gasteiger charge is 2.19. The summed E-state index contributed by atoms with van der Waals surface area (Å²) >= 11 is 2.44. The van der Waals surface area contributed by atoms with Crippen molar-refractivity contribution < 1.29 is 30.0 Å². The van der Waals surface area contributed by atoms with Crippen LogP contribution in [0, 0.1) is 0 Å². The highest BCUT2D eigenvalue weighted by molar-refractivity contribution is 8.14. The van der Waals surface area contributed by atoms with Gasteiger partial charge in [0.15, 0.2) is 0 Å². The molecule has 0 aromatic heterocycles. The van der Waals surface area contributed by atoms with Crippen LogP contribution >= 0.6 is 23.5 Å². The largest absolute Gasteiger partial charge is 0.392 e. The summed E-state index contributed by atoms with van der Waals surface area (Å²) in [4.78, 5) is 31.2. The van der Waals surface area contributed by atoms with Gasteiger partial charge in [-0.05, 0) is 38.7 Å². The average Bonchev–Trinajstić information content (AvgIpc) is 3.59. The Morgan fingerprint density at radius 1 is 0.286 bits per heavy atom. The van der Waals surface area contributed by atoms with E-state index < -0.39 is 24.4 Å². The van der Waals surface area contributed by atoms with Crippen LogP contribution in [0.25, 0.3) is 0 Å². The number of carbonyl (C=O) groups excluding carboxylic acids is 2. The van der Waals surface area contributed by atoms with Crippen LogP contribution in [0.3, 0.4) is 0 Å². The lowest BCUT2D eigenvalue weighted by Crippen LogP contribution is -2.39. The molecule has 0 aliphatic heterocycles. The first-order valence-electron chi connectivity index (χ1n) is 40.7. The minimum atomic E-state index is -0.465. The van der Waals surface area contributed by atoms with Crippen molar-refractivity contribution in [2.45, 2.75) is 444 Å². The number of hydrogen-bond donors (Lipinski definition) is 4. The number of thioether (sulfide) groups is 2. The molecule has 8 nitrogen and oxygen atoms in total. The highest BCUT2D eigenvalue weighted by atomic mass is 32.2. The molecule has 0 aromatic rings. The van der Waals surface area contributed by atoms with Crippen LogP contribution in [0.15, 0.2) is 11.6 Å². The van der Waals surface area contributed by atoms with Gasteiger partial charge in [-0.2, -0.15) is 0 Å². The lowest BCUT2D eigenvalue weighted by Gasteiger charge is -2.27. The normalized spacial score (nSPS) is 13.5. The quantitative estimate of drug-likeness (QED) is 0.0346. The number of unbranched alkanes of at least 4 members (excludes halogenated alkanes) is 52. The van der Waals surface area contributed by atoms with E-state index in [0.717, 1.165) is 77.0 Å². The van der Waals surface area contributed by atoms with Gasteiger partial charge in [-0.3, -0.25) is 19.4 Å². The van der Waals surface area contributed by atoms with Gasteiger partial charge >= 0.3 is 0 Å². The highest BCUT2D eigenvalue weighted by Crippen LogP contribution is 2.21. The van der Waals surface area contributed by atoms with E-state index in [4.69, 9.17) is 0 Å². The zero-order valence-electron chi connectivity index (χ0n) is 61.8. The first-order valence-corrected chi connectivity index (χ1v) is 42.7. The monoisotopic (exact) mass is 1320 g/mol. The second kappa shape index (κ2) is 73.8. The van der Waals surface area contributed by atoms with Gasteiger partial charge < -0.3 is 20.4 Å². The maximum absolute atomic E-state index is 13.5. The third kappa shape index (κ3) is 69.3. The van der Waals surface area contributed by atoms with Crippen molar-refractivity contribution in [2.24, 2.45) is 0 Å². The summed E-state index contributed by atoms with van der Waals surface area (Å²) in [6.45, 7) is 14.0. The Morgan fingerprint density at radius 2 is 0.462 bits per heavy atom. The number of hydrogen-bond acceptors (Lipinski definition) is 10. The molecule has 0 saturated heterocycles. The smallest absolute Gasteiger partial charge is 0.215 e. The lowest BCUT2D eigenvalue weighted by molar-refractivity contribution is -0.109. The Bertz CT molecular complexity index is 1420. The zero-order chi connectivity index (χ0) is 66.4. The molecule has 0 bridgehead atoms. The maximum Gasteiger partial charge on any atom is 0.215 e. The molecule has 10 heteroatoms. The van der Waals surface area contributed by atoms with Crippen molar-refractivity contribution in [2.75, 3.05) is 50.8 Å². The van der Waals surface area contributed by atoms with Gasteiger partial charge in [-0.15, -0.1) is 0 Å². The van der Waals surface area contributed by atoms with Gasteiger partial charge in [0, 0.05) is 56.3 Å². The third-order valence-corrected chi connectivity index (χ3v) is 21.1. The summed E-state index contributed by atoms with van der Waals surface area (Å²) in [7, 11) is 0. The van der Waals surface area contributed by atoms with Crippen molar-refractivity contribution >= 4 is 33.8 Å². The number of aliphatic hydroxyl groups excluding tert-OH is 4. The van der Waals surface area contributed by atoms with Crippen molar-refractivity contribution in [3.63, 3.8) is 0 Å². The lowest BCUT2D eigenvalue weighted by atomic mass is 10.0. The van der Waals surface area contributed by atoms with E-state index in [2.05, 4.69) is 37.5 Å². The summed E-state index contributed by atoms with van der Waals surface area (Å²) in [5.74, 6) is 1.06. The van der Waals surface area contributed by atoms with E-state index in [1.165, 1.54) is 338 Å². The van der Waals surface area contributed by atoms with Crippen molar-refractivity contribution in [1.82, 2.24) is 9.80 Å². The minimum Gasteiger partial charge on any atom is -0.392 e. The minimum absolute atomic E-state index is 0.111. The average molecular weight is 1320 g/mol. The van der Waals surface area contributed by atoms with E-state index >= 15 is 0 Å². The van der Waals surface area contributed by atoms with Crippen LogP contribution in [-0.4, -0.2) is 116 Å². The van der Waals surface area contributed by atoms with Crippen LogP contribution in [0.2, 0.25) is 0 Å². The Morgan fingerprint density at radius 3 is 0.659 bits per heavy atom. The predicted molar refractivity (Wildman–Crippen MR) is 405 cm³/mol. The number of carbonyl (C=O) groups is 2. The summed E-state index contributed by atoms with van der Waals surface area (Å²) in [6.07, 6.45) is 76.1. The first-order chi connectivity index (χ1) is 44.6. The van der Waals surface area contributed by atoms with Gasteiger partial charge in [0.2, 0.25) is 10.2 Å². The van der Waals surface area contributed by atoms with Gasteiger partial charge in [0.25, 0.3) is 0 Å². The topological polar surface area (TPSA) is 122 Å². The summed E-state index contributed by atoms with van der Waals surface area (Å²) in [5, 5.41) is 44.8. The molecule has 0 radical (unpaired) electrons. The molecule has 91 heavy (non-hydrogen) atoms. The van der Waals surface area contributed by atoms with Gasteiger partial charge in [-0.25, -0.2) is 0 Å². The fraction of sp³-hybridized carbons (Fsp3) is 0.951. The molecule has 0 fully saturated rings. The third-order valence-electron chi connectivity index (χ3n) is 19.4. The standard InChI is InChI=1S/C81H160N2O6S2/c1-6-10-14-18-22-26-30-34-38-42-46-50-54-58-62-76(84)71-82(72-77(85)63-59-55-51-47-43-39-35-31-27-23-19-15-11-7-2)66-68-90-80(88)70-75(5)81(89)91-69-67-83(73-78(86)64-60-56-52-48-44-40-36-32-28-24-20-16-12-8-3)74-79(87)65-61-57-53-49-45-41-37-33-29-25-21-17-13-9-4/h70,76-79,84-87H,6-69,71-74H2,1-5H3/b75-70+.